The second-order valence-corrected chi connectivity index (χ2v) is 7.24. The number of halogens is 1. The maximum absolute atomic E-state index is 6.35. The zero-order chi connectivity index (χ0) is 18.9. The highest BCUT2D eigenvalue weighted by Crippen LogP contribution is 2.33. The fraction of sp³-hybridized carbons (Fsp3) is 0.368. The normalized spacial score (nSPS) is 19.6. The van der Waals surface area contributed by atoms with Crippen LogP contribution in [0.25, 0.3) is 11.5 Å². The van der Waals surface area contributed by atoms with Crippen molar-refractivity contribution in [2.75, 3.05) is 25.1 Å². The average Bonchev–Trinajstić information content (AvgIpc) is 3.31. The maximum atomic E-state index is 6.35. The van der Waals surface area contributed by atoms with Gasteiger partial charge in [0, 0.05) is 31.6 Å². The Bertz CT molecular complexity index is 928. The van der Waals surface area contributed by atoms with Crippen LogP contribution < -0.4 is 4.90 Å². The summed E-state index contributed by atoms with van der Waals surface area (Å²) in [5, 5.41) is 16.3. The van der Waals surface area contributed by atoms with Gasteiger partial charge in [-0.3, -0.25) is 5.10 Å². The van der Waals surface area contributed by atoms with E-state index in [1.165, 1.54) is 0 Å². The van der Waals surface area contributed by atoms with Gasteiger partial charge >= 0.3 is 0 Å². The lowest BCUT2D eigenvalue weighted by Crippen LogP contribution is -2.38. The van der Waals surface area contributed by atoms with Crippen LogP contribution in [-0.2, 0) is 11.2 Å². The molecule has 7 nitrogen and oxygen atoms in total. The molecule has 1 fully saturated rings. The predicted octanol–water partition coefficient (Wildman–Crippen LogP) is 3.06. The molecule has 0 spiro atoms. The van der Waals surface area contributed by atoms with Gasteiger partial charge in [0.05, 0.1) is 5.60 Å². The maximum Gasteiger partial charge on any atom is 0.176 e. The van der Waals surface area contributed by atoms with E-state index in [4.69, 9.17) is 16.3 Å². The van der Waals surface area contributed by atoms with Crippen molar-refractivity contribution in [2.45, 2.75) is 25.4 Å². The van der Waals surface area contributed by atoms with E-state index in [2.05, 4.69) is 36.3 Å². The summed E-state index contributed by atoms with van der Waals surface area (Å²) >= 11 is 6.35. The van der Waals surface area contributed by atoms with Crippen molar-refractivity contribution in [3.63, 3.8) is 0 Å². The molecule has 1 N–H and O–H groups in total. The molecule has 140 valence electrons. The summed E-state index contributed by atoms with van der Waals surface area (Å²) in [6.45, 7) is 3.42. The molecule has 0 radical (unpaired) electrons. The number of aromatic amines is 1. The molecule has 0 bridgehead atoms. The van der Waals surface area contributed by atoms with Crippen molar-refractivity contribution >= 4 is 17.4 Å². The zero-order valence-electron chi connectivity index (χ0n) is 15.3. The Morgan fingerprint density at radius 3 is 2.74 bits per heavy atom. The highest BCUT2D eigenvalue weighted by atomic mass is 35.5. The zero-order valence-corrected chi connectivity index (χ0v) is 16.1. The molecule has 0 amide bonds. The molecule has 4 rings (SSSR count). The first-order valence-corrected chi connectivity index (χ1v) is 9.23. The molecule has 3 heterocycles. The number of benzene rings is 1. The van der Waals surface area contributed by atoms with Gasteiger partial charge in [-0.2, -0.15) is 5.10 Å². The van der Waals surface area contributed by atoms with Crippen LogP contribution in [0, 0.1) is 6.92 Å². The largest absolute Gasteiger partial charge is 0.376 e. The molecule has 1 aromatic carbocycles. The number of nitrogens with zero attached hydrogens (tertiary/aromatic N) is 5. The molecular formula is C19H21ClN6O. The molecule has 1 atom stereocenters. The predicted molar refractivity (Wildman–Crippen MR) is 104 cm³/mol. The molecule has 8 heteroatoms. The molecule has 1 aliphatic rings. The molecule has 2 aromatic heterocycles. The van der Waals surface area contributed by atoms with E-state index in [0.717, 1.165) is 42.3 Å². The number of ether oxygens (including phenoxy) is 1. The minimum absolute atomic E-state index is 0.284. The van der Waals surface area contributed by atoms with Gasteiger partial charge in [-0.1, -0.05) is 29.8 Å². The van der Waals surface area contributed by atoms with Crippen LogP contribution in [0.1, 0.15) is 17.8 Å². The number of hydrogen-bond acceptors (Lipinski definition) is 6. The van der Waals surface area contributed by atoms with Gasteiger partial charge in [-0.15, -0.1) is 10.2 Å². The van der Waals surface area contributed by atoms with E-state index in [-0.39, 0.29) is 5.60 Å². The lowest BCUT2D eigenvalue weighted by Gasteiger charge is -2.28. The molecule has 0 aliphatic carbocycles. The van der Waals surface area contributed by atoms with Gasteiger partial charge in [0.25, 0.3) is 0 Å². The summed E-state index contributed by atoms with van der Waals surface area (Å²) in [6, 6.07) is 11.8. The Kier molecular flexibility index (Phi) is 4.80. The number of rotatable bonds is 5. The van der Waals surface area contributed by atoms with Crippen LogP contribution in [0.15, 0.2) is 36.4 Å². The fourth-order valence-corrected chi connectivity index (χ4v) is 3.70. The monoisotopic (exact) mass is 384 g/mol. The number of anilines is 1. The molecule has 0 saturated carbocycles. The summed E-state index contributed by atoms with van der Waals surface area (Å²) < 4.78 is 5.93. The standard InChI is InChI=1S/C19H21ClN6O/c1-13-21-18(25-22-13)16-7-8-17(24-23-16)26-10-9-19(12-26,27-2)11-14-5-3-4-6-15(14)20/h3-8H,9-12H2,1-2H3,(H,21,22,25). The Hall–Kier alpha value is -2.51. The Morgan fingerprint density at radius 2 is 2.07 bits per heavy atom. The second kappa shape index (κ2) is 7.25. The third-order valence-corrected chi connectivity index (χ3v) is 5.40. The fourth-order valence-electron chi connectivity index (χ4n) is 3.49. The SMILES string of the molecule is COC1(Cc2ccccc2Cl)CCN(c2ccc(-c3nc(C)n[nH]3)nn2)C1. The van der Waals surface area contributed by atoms with E-state index in [1.54, 1.807) is 7.11 Å². The smallest absolute Gasteiger partial charge is 0.176 e. The summed E-state index contributed by atoms with van der Waals surface area (Å²) in [7, 11) is 1.77. The highest BCUT2D eigenvalue weighted by molar-refractivity contribution is 6.31. The van der Waals surface area contributed by atoms with Crippen molar-refractivity contribution in [1.29, 1.82) is 0 Å². The van der Waals surface area contributed by atoms with Gasteiger partial charge in [0.1, 0.15) is 11.5 Å². The van der Waals surface area contributed by atoms with Gasteiger partial charge in [-0.05, 0) is 37.1 Å². The Labute approximate surface area is 162 Å². The molecule has 27 heavy (non-hydrogen) atoms. The lowest BCUT2D eigenvalue weighted by atomic mass is 9.93. The Balaban J connectivity index is 1.50. The van der Waals surface area contributed by atoms with Crippen LogP contribution in [-0.4, -0.2) is 51.2 Å². The third kappa shape index (κ3) is 3.65. The van der Waals surface area contributed by atoms with E-state index in [1.807, 2.05) is 37.3 Å². The van der Waals surface area contributed by atoms with Crippen LogP contribution in [0.4, 0.5) is 5.82 Å². The summed E-state index contributed by atoms with van der Waals surface area (Å²) in [4.78, 5) is 6.48. The van der Waals surface area contributed by atoms with Crippen LogP contribution in [0.5, 0.6) is 0 Å². The second-order valence-electron chi connectivity index (χ2n) is 6.83. The third-order valence-electron chi connectivity index (χ3n) is 5.03. The van der Waals surface area contributed by atoms with Crippen molar-refractivity contribution in [2.24, 2.45) is 0 Å². The highest BCUT2D eigenvalue weighted by Gasteiger charge is 2.39. The number of H-pyrrole nitrogens is 1. The number of aromatic nitrogens is 5. The van der Waals surface area contributed by atoms with Gasteiger partial charge in [0.2, 0.25) is 0 Å². The topological polar surface area (TPSA) is 79.8 Å². The molecule has 1 aliphatic heterocycles. The lowest BCUT2D eigenvalue weighted by molar-refractivity contribution is 0.00924. The summed E-state index contributed by atoms with van der Waals surface area (Å²) in [5.41, 5.74) is 1.49. The number of nitrogens with one attached hydrogen (secondary N) is 1. The number of hydrogen-bond donors (Lipinski definition) is 1. The minimum atomic E-state index is -0.284. The van der Waals surface area contributed by atoms with Crippen molar-refractivity contribution in [3.8, 4) is 11.5 Å². The van der Waals surface area contributed by atoms with E-state index in [0.29, 0.717) is 17.3 Å². The van der Waals surface area contributed by atoms with Crippen LogP contribution in [0.3, 0.4) is 0 Å². The van der Waals surface area contributed by atoms with Crippen LogP contribution in [0.2, 0.25) is 5.02 Å². The quantitative estimate of drug-likeness (QED) is 0.728. The number of methoxy groups -OCH3 is 1. The summed E-state index contributed by atoms with van der Waals surface area (Å²) in [6.07, 6.45) is 1.67. The van der Waals surface area contributed by atoms with E-state index >= 15 is 0 Å². The first kappa shape index (κ1) is 17.9. The first-order chi connectivity index (χ1) is 13.1. The van der Waals surface area contributed by atoms with Crippen molar-refractivity contribution in [1.82, 2.24) is 25.4 Å². The first-order valence-electron chi connectivity index (χ1n) is 8.85. The Morgan fingerprint density at radius 1 is 1.22 bits per heavy atom. The number of aryl methyl sites for hydroxylation is 1. The van der Waals surface area contributed by atoms with Gasteiger partial charge < -0.3 is 9.64 Å². The van der Waals surface area contributed by atoms with Gasteiger partial charge in [0.15, 0.2) is 11.6 Å². The van der Waals surface area contributed by atoms with Crippen LogP contribution >= 0.6 is 11.6 Å². The molecule has 1 unspecified atom stereocenters. The minimum Gasteiger partial charge on any atom is -0.376 e. The van der Waals surface area contributed by atoms with E-state index < -0.39 is 0 Å². The summed E-state index contributed by atoms with van der Waals surface area (Å²) in [5.74, 6) is 2.13. The van der Waals surface area contributed by atoms with E-state index in [9.17, 15) is 0 Å². The van der Waals surface area contributed by atoms with Crippen molar-refractivity contribution in [3.05, 3.63) is 52.8 Å². The molecule has 1 saturated heterocycles. The van der Waals surface area contributed by atoms with Gasteiger partial charge in [-0.25, -0.2) is 4.98 Å². The van der Waals surface area contributed by atoms with Crippen molar-refractivity contribution < 1.29 is 4.74 Å². The molecule has 3 aromatic rings. The molecular weight excluding hydrogens is 364 g/mol. The average molecular weight is 385 g/mol.